The molecule has 82 valence electrons. The van der Waals surface area contributed by atoms with Crippen LogP contribution in [0, 0.1) is 5.41 Å². The predicted molar refractivity (Wildman–Crippen MR) is 57.5 cm³/mol. The lowest BCUT2D eigenvalue weighted by Crippen LogP contribution is -2.38. The number of thiol groups is 1. The van der Waals surface area contributed by atoms with Crippen molar-refractivity contribution in [3.63, 3.8) is 0 Å². The summed E-state index contributed by atoms with van der Waals surface area (Å²) in [5.41, 5.74) is -0.494. The number of carbonyl (C=O) groups is 2. The first-order chi connectivity index (χ1) is 6.40. The van der Waals surface area contributed by atoms with Gasteiger partial charge in [-0.15, -0.1) is 0 Å². The monoisotopic (exact) mass is 219 g/mol. The van der Waals surface area contributed by atoms with Gasteiger partial charge in [0.1, 0.15) is 0 Å². The summed E-state index contributed by atoms with van der Waals surface area (Å²) in [6.07, 6.45) is 0.547. The minimum absolute atomic E-state index is 0.0849. The topological polar surface area (TPSA) is 66.4 Å². The third-order valence-corrected chi connectivity index (χ3v) is 2.65. The normalized spacial score (nSPS) is 11.1. The minimum atomic E-state index is -0.840. The van der Waals surface area contributed by atoms with E-state index in [9.17, 15) is 9.59 Å². The van der Waals surface area contributed by atoms with Gasteiger partial charge in [-0.1, -0.05) is 13.8 Å². The summed E-state index contributed by atoms with van der Waals surface area (Å²) < 4.78 is 0. The van der Waals surface area contributed by atoms with Crippen molar-refractivity contribution in [2.45, 2.75) is 26.7 Å². The summed E-state index contributed by atoms with van der Waals surface area (Å²) in [7, 11) is 0. The zero-order chi connectivity index (χ0) is 11.2. The van der Waals surface area contributed by atoms with Crippen LogP contribution in [0.5, 0.6) is 0 Å². The molecule has 2 N–H and O–H groups in total. The summed E-state index contributed by atoms with van der Waals surface area (Å²) >= 11 is 4.06. The molecule has 0 aliphatic carbocycles. The van der Waals surface area contributed by atoms with Gasteiger partial charge in [0.15, 0.2) is 0 Å². The highest BCUT2D eigenvalue weighted by molar-refractivity contribution is 7.80. The van der Waals surface area contributed by atoms with E-state index in [1.54, 1.807) is 13.8 Å². The Morgan fingerprint density at radius 1 is 1.43 bits per heavy atom. The molecule has 0 unspecified atom stereocenters. The Balaban J connectivity index is 3.70. The molecule has 0 aromatic carbocycles. The van der Waals surface area contributed by atoms with Crippen molar-refractivity contribution in [2.75, 3.05) is 12.3 Å². The van der Waals surface area contributed by atoms with E-state index in [4.69, 9.17) is 5.11 Å². The molecule has 0 aromatic heterocycles. The Morgan fingerprint density at radius 2 is 2.00 bits per heavy atom. The number of carboxylic acid groups (broad SMARTS) is 1. The summed E-state index contributed by atoms with van der Waals surface area (Å²) in [5, 5.41) is 11.0. The molecule has 0 heterocycles. The van der Waals surface area contributed by atoms with E-state index in [1.807, 2.05) is 0 Å². The smallest absolute Gasteiger partial charge is 0.303 e. The lowest BCUT2D eigenvalue weighted by molar-refractivity contribution is -0.137. The van der Waals surface area contributed by atoms with Crippen LogP contribution in [-0.4, -0.2) is 29.3 Å². The summed E-state index contributed by atoms with van der Waals surface area (Å²) in [6, 6.07) is 0. The van der Waals surface area contributed by atoms with Crippen LogP contribution in [0.25, 0.3) is 0 Å². The van der Waals surface area contributed by atoms with Gasteiger partial charge >= 0.3 is 5.97 Å². The molecule has 0 saturated carbocycles. The molecule has 0 aliphatic heterocycles. The molecule has 0 bridgehead atoms. The van der Waals surface area contributed by atoms with Gasteiger partial charge in [-0.25, -0.2) is 0 Å². The molecule has 0 radical (unpaired) electrons. The molecule has 1 amide bonds. The maximum absolute atomic E-state index is 11.4. The van der Waals surface area contributed by atoms with Crippen LogP contribution >= 0.6 is 12.6 Å². The largest absolute Gasteiger partial charge is 0.481 e. The SMILES string of the molecule is CC(C)(CS)C(=O)NCCCC(=O)O. The van der Waals surface area contributed by atoms with E-state index in [2.05, 4.69) is 17.9 Å². The van der Waals surface area contributed by atoms with Crippen molar-refractivity contribution in [3.05, 3.63) is 0 Å². The maximum Gasteiger partial charge on any atom is 0.303 e. The zero-order valence-corrected chi connectivity index (χ0v) is 9.43. The number of carbonyl (C=O) groups excluding carboxylic acids is 1. The lowest BCUT2D eigenvalue weighted by Gasteiger charge is -2.20. The molecular formula is C9H17NO3S. The van der Waals surface area contributed by atoms with Crippen molar-refractivity contribution in [3.8, 4) is 0 Å². The Morgan fingerprint density at radius 3 is 2.43 bits per heavy atom. The fraction of sp³-hybridized carbons (Fsp3) is 0.778. The third-order valence-electron chi connectivity index (χ3n) is 1.86. The van der Waals surface area contributed by atoms with Gasteiger partial charge in [0.2, 0.25) is 5.91 Å². The molecule has 0 atom stereocenters. The van der Waals surface area contributed by atoms with Gasteiger partial charge in [-0.05, 0) is 6.42 Å². The average Bonchev–Trinajstić information content (AvgIpc) is 2.11. The van der Waals surface area contributed by atoms with Crippen LogP contribution in [0.3, 0.4) is 0 Å². The van der Waals surface area contributed by atoms with E-state index in [0.717, 1.165) is 0 Å². The van der Waals surface area contributed by atoms with Gasteiger partial charge in [0.25, 0.3) is 0 Å². The standard InChI is InChI=1S/C9H17NO3S/c1-9(2,6-14)8(13)10-5-3-4-7(11)12/h14H,3-6H2,1-2H3,(H,10,13)(H,11,12). The number of amides is 1. The van der Waals surface area contributed by atoms with Gasteiger partial charge in [0, 0.05) is 18.7 Å². The molecule has 0 fully saturated rings. The minimum Gasteiger partial charge on any atom is -0.481 e. The maximum atomic E-state index is 11.4. The first-order valence-corrected chi connectivity index (χ1v) is 5.14. The van der Waals surface area contributed by atoms with E-state index in [0.29, 0.717) is 18.7 Å². The molecule has 4 nitrogen and oxygen atoms in total. The van der Waals surface area contributed by atoms with Gasteiger partial charge in [0.05, 0.1) is 5.41 Å². The number of aliphatic carboxylic acids is 1. The van der Waals surface area contributed by atoms with Crippen LogP contribution in [-0.2, 0) is 9.59 Å². The van der Waals surface area contributed by atoms with Crippen LogP contribution in [0.4, 0.5) is 0 Å². The van der Waals surface area contributed by atoms with Crippen molar-refractivity contribution in [1.82, 2.24) is 5.32 Å². The second-order valence-electron chi connectivity index (χ2n) is 3.80. The number of carboxylic acids is 1. The van der Waals surface area contributed by atoms with E-state index >= 15 is 0 Å². The molecule has 14 heavy (non-hydrogen) atoms. The van der Waals surface area contributed by atoms with Gasteiger partial charge in [-0.2, -0.15) is 12.6 Å². The van der Waals surface area contributed by atoms with Crippen LogP contribution in [0.15, 0.2) is 0 Å². The predicted octanol–water partition coefficient (Wildman–Crippen LogP) is 0.923. The van der Waals surface area contributed by atoms with E-state index in [-0.39, 0.29) is 12.3 Å². The molecule has 5 heteroatoms. The molecule has 0 rings (SSSR count). The second-order valence-corrected chi connectivity index (χ2v) is 4.11. The Labute approximate surface area is 89.5 Å². The average molecular weight is 219 g/mol. The highest BCUT2D eigenvalue weighted by atomic mass is 32.1. The van der Waals surface area contributed by atoms with E-state index in [1.165, 1.54) is 0 Å². The van der Waals surface area contributed by atoms with Crippen LogP contribution < -0.4 is 5.32 Å². The van der Waals surface area contributed by atoms with Crippen LogP contribution in [0.2, 0.25) is 0 Å². The summed E-state index contributed by atoms with van der Waals surface area (Å²) in [6.45, 7) is 4.00. The number of hydrogen-bond donors (Lipinski definition) is 3. The molecule has 0 aliphatic rings. The van der Waals surface area contributed by atoms with Gasteiger partial charge in [-0.3, -0.25) is 9.59 Å². The Hall–Kier alpha value is -0.710. The van der Waals surface area contributed by atoms with Crippen molar-refractivity contribution >= 4 is 24.5 Å². The lowest BCUT2D eigenvalue weighted by atomic mass is 9.95. The molecule has 0 saturated heterocycles. The van der Waals surface area contributed by atoms with Crippen LogP contribution in [0.1, 0.15) is 26.7 Å². The third kappa shape index (κ3) is 5.11. The molecule has 0 aromatic rings. The number of nitrogens with one attached hydrogen (secondary N) is 1. The first-order valence-electron chi connectivity index (χ1n) is 4.51. The summed E-state index contributed by atoms with van der Waals surface area (Å²) in [4.78, 5) is 21.6. The molecule has 0 spiro atoms. The van der Waals surface area contributed by atoms with Gasteiger partial charge < -0.3 is 10.4 Å². The Kier molecular flexibility index (Phi) is 5.60. The highest BCUT2D eigenvalue weighted by Gasteiger charge is 2.24. The molecular weight excluding hydrogens is 202 g/mol. The fourth-order valence-corrected chi connectivity index (χ4v) is 0.896. The van der Waals surface area contributed by atoms with Crippen molar-refractivity contribution in [1.29, 1.82) is 0 Å². The highest BCUT2D eigenvalue weighted by Crippen LogP contribution is 2.16. The zero-order valence-electron chi connectivity index (χ0n) is 8.54. The first kappa shape index (κ1) is 13.3. The number of rotatable bonds is 6. The van der Waals surface area contributed by atoms with Crippen molar-refractivity contribution in [2.24, 2.45) is 5.41 Å². The number of hydrogen-bond acceptors (Lipinski definition) is 3. The second kappa shape index (κ2) is 5.90. The summed E-state index contributed by atoms with van der Waals surface area (Å²) in [5.74, 6) is -0.455. The van der Waals surface area contributed by atoms with E-state index < -0.39 is 11.4 Å². The quantitative estimate of drug-likeness (QED) is 0.460. The van der Waals surface area contributed by atoms with Crippen molar-refractivity contribution < 1.29 is 14.7 Å². The Bertz CT molecular complexity index is 216. The fourth-order valence-electron chi connectivity index (χ4n) is 0.753.